The Morgan fingerprint density at radius 3 is 2.72 bits per heavy atom. The predicted octanol–water partition coefficient (Wildman–Crippen LogP) is 5.25. The molecule has 2 heterocycles. The molecule has 6 heteroatoms. The molecule has 2 aromatic carbocycles. The van der Waals surface area contributed by atoms with Crippen LogP contribution in [0.2, 0.25) is 0 Å². The quantitative estimate of drug-likeness (QED) is 0.607. The molecular formula is C23H23FN2O3. The molecule has 4 rings (SSSR count). The zero-order chi connectivity index (χ0) is 20.2. The number of nitrogens with zero attached hydrogens (tertiary/aromatic N) is 2. The molecule has 5 nitrogen and oxygen atoms in total. The van der Waals surface area contributed by atoms with Crippen LogP contribution >= 0.6 is 0 Å². The molecule has 3 aromatic rings. The van der Waals surface area contributed by atoms with Crippen molar-refractivity contribution in [2.45, 2.75) is 31.7 Å². The fourth-order valence-corrected chi connectivity index (χ4v) is 3.78. The van der Waals surface area contributed by atoms with Crippen molar-refractivity contribution in [1.82, 2.24) is 10.1 Å². The molecule has 0 aliphatic carbocycles. The number of carbonyl (C=O) groups is 1. The van der Waals surface area contributed by atoms with Gasteiger partial charge in [-0.3, -0.25) is 4.79 Å². The van der Waals surface area contributed by atoms with E-state index in [0.717, 1.165) is 42.7 Å². The van der Waals surface area contributed by atoms with E-state index < -0.39 is 5.82 Å². The fourth-order valence-electron chi connectivity index (χ4n) is 3.78. The summed E-state index contributed by atoms with van der Waals surface area (Å²) >= 11 is 0. The van der Waals surface area contributed by atoms with Gasteiger partial charge in [0.1, 0.15) is 17.3 Å². The largest absolute Gasteiger partial charge is 0.497 e. The molecule has 0 bridgehead atoms. The molecule has 1 amide bonds. The van der Waals surface area contributed by atoms with Crippen LogP contribution in [0.5, 0.6) is 5.75 Å². The van der Waals surface area contributed by atoms with Crippen molar-refractivity contribution in [3.63, 3.8) is 0 Å². The van der Waals surface area contributed by atoms with Gasteiger partial charge >= 0.3 is 0 Å². The first kappa shape index (κ1) is 19.2. The average molecular weight is 394 g/mol. The van der Waals surface area contributed by atoms with Crippen molar-refractivity contribution in [1.29, 1.82) is 0 Å². The molecule has 0 radical (unpaired) electrons. The van der Waals surface area contributed by atoms with E-state index >= 15 is 0 Å². The number of hydrogen-bond acceptors (Lipinski definition) is 4. The summed E-state index contributed by atoms with van der Waals surface area (Å²) in [6, 6.07) is 15.1. The number of rotatable bonds is 4. The van der Waals surface area contributed by atoms with Crippen LogP contribution in [-0.2, 0) is 0 Å². The topological polar surface area (TPSA) is 55.6 Å². The Hall–Kier alpha value is -3.15. The normalized spacial score (nSPS) is 17.0. The lowest BCUT2D eigenvalue weighted by molar-refractivity contribution is 0.0673. The van der Waals surface area contributed by atoms with E-state index in [1.165, 1.54) is 12.1 Å². The van der Waals surface area contributed by atoms with Gasteiger partial charge in [0.05, 0.1) is 13.2 Å². The summed E-state index contributed by atoms with van der Waals surface area (Å²) in [7, 11) is 1.62. The van der Waals surface area contributed by atoms with Gasteiger partial charge in [-0.25, -0.2) is 4.39 Å². The first-order valence-corrected chi connectivity index (χ1v) is 9.83. The number of likely N-dealkylation sites (tertiary alicyclic amines) is 1. The zero-order valence-electron chi connectivity index (χ0n) is 16.3. The minimum atomic E-state index is -0.412. The molecule has 150 valence electrons. The van der Waals surface area contributed by atoms with Crippen LogP contribution in [0.15, 0.2) is 59.1 Å². The van der Waals surface area contributed by atoms with E-state index in [1.807, 2.05) is 30.3 Å². The van der Waals surface area contributed by atoms with E-state index in [-0.39, 0.29) is 11.9 Å². The van der Waals surface area contributed by atoms with Gasteiger partial charge in [-0.2, -0.15) is 0 Å². The van der Waals surface area contributed by atoms with Gasteiger partial charge in [-0.1, -0.05) is 24.1 Å². The number of ether oxygens (including phenoxy) is 1. The molecule has 1 aromatic heterocycles. The Bertz CT molecular complexity index is 984. The second-order valence-corrected chi connectivity index (χ2v) is 7.22. The first-order valence-electron chi connectivity index (χ1n) is 9.83. The van der Waals surface area contributed by atoms with Gasteiger partial charge in [0.25, 0.3) is 5.91 Å². The van der Waals surface area contributed by atoms with Crippen molar-refractivity contribution in [2.75, 3.05) is 13.7 Å². The summed E-state index contributed by atoms with van der Waals surface area (Å²) in [4.78, 5) is 14.9. The summed E-state index contributed by atoms with van der Waals surface area (Å²) in [5.41, 5.74) is 1.97. The van der Waals surface area contributed by atoms with Gasteiger partial charge in [0.2, 0.25) is 0 Å². The van der Waals surface area contributed by atoms with E-state index in [1.54, 1.807) is 24.1 Å². The molecule has 0 saturated carbocycles. The van der Waals surface area contributed by atoms with Gasteiger partial charge in [0.15, 0.2) is 5.76 Å². The van der Waals surface area contributed by atoms with Crippen LogP contribution in [0.4, 0.5) is 4.39 Å². The maximum atomic E-state index is 13.6. The molecule has 1 unspecified atom stereocenters. The second-order valence-electron chi connectivity index (χ2n) is 7.22. The van der Waals surface area contributed by atoms with Crippen molar-refractivity contribution in [3.05, 3.63) is 71.7 Å². The number of aromatic nitrogens is 1. The van der Waals surface area contributed by atoms with Crippen LogP contribution in [0.3, 0.4) is 0 Å². The van der Waals surface area contributed by atoms with E-state index in [0.29, 0.717) is 17.9 Å². The Morgan fingerprint density at radius 1 is 1.14 bits per heavy atom. The number of hydrogen-bond donors (Lipinski definition) is 0. The molecule has 1 aliphatic heterocycles. The van der Waals surface area contributed by atoms with E-state index in [2.05, 4.69) is 5.16 Å². The number of halogens is 1. The molecule has 1 fully saturated rings. The van der Waals surface area contributed by atoms with Crippen LogP contribution in [0.1, 0.15) is 47.8 Å². The average Bonchev–Trinajstić information content (AvgIpc) is 3.11. The molecule has 1 saturated heterocycles. The minimum absolute atomic E-state index is 0.176. The maximum Gasteiger partial charge on any atom is 0.254 e. The van der Waals surface area contributed by atoms with Crippen molar-refractivity contribution in [3.8, 4) is 17.1 Å². The lowest BCUT2D eigenvalue weighted by Gasteiger charge is -2.28. The third-order valence-corrected chi connectivity index (χ3v) is 5.33. The lowest BCUT2D eigenvalue weighted by atomic mass is 10.0. The summed E-state index contributed by atoms with van der Waals surface area (Å²) in [6.07, 6.45) is 3.77. The molecular weight excluding hydrogens is 371 g/mol. The molecule has 1 aliphatic rings. The van der Waals surface area contributed by atoms with Crippen molar-refractivity contribution in [2.24, 2.45) is 0 Å². The third kappa shape index (κ3) is 4.16. The molecule has 0 spiro atoms. The van der Waals surface area contributed by atoms with Crippen molar-refractivity contribution >= 4 is 5.91 Å². The summed E-state index contributed by atoms with van der Waals surface area (Å²) in [5.74, 6) is 0.824. The SMILES string of the molecule is COc1ccc(-c2cc(C3CCCCCN3C(=O)c3cccc(F)c3)no2)cc1. The Labute approximate surface area is 169 Å². The van der Waals surface area contributed by atoms with Gasteiger partial charge in [-0.15, -0.1) is 0 Å². The standard InChI is InChI=1S/C23H23FN2O3/c1-28-19-11-9-16(10-12-19)22-15-20(25-29-22)21-8-3-2-4-13-26(21)23(27)17-6-5-7-18(24)14-17/h5-7,9-12,14-15,21H,2-4,8,13H2,1H3. The smallest absolute Gasteiger partial charge is 0.254 e. The Morgan fingerprint density at radius 2 is 1.97 bits per heavy atom. The van der Waals surface area contributed by atoms with Crippen LogP contribution in [0, 0.1) is 5.82 Å². The summed E-state index contributed by atoms with van der Waals surface area (Å²) in [6.45, 7) is 0.616. The first-order chi connectivity index (χ1) is 14.2. The lowest BCUT2D eigenvalue weighted by Crippen LogP contribution is -2.35. The van der Waals surface area contributed by atoms with Crippen LogP contribution in [-0.4, -0.2) is 29.6 Å². The monoisotopic (exact) mass is 394 g/mol. The Kier molecular flexibility index (Phi) is 5.60. The van der Waals surface area contributed by atoms with Gasteiger partial charge in [-0.05, 0) is 55.3 Å². The number of benzene rings is 2. The summed E-state index contributed by atoms with van der Waals surface area (Å²) in [5, 5.41) is 4.27. The van der Waals surface area contributed by atoms with Gasteiger partial charge < -0.3 is 14.2 Å². The highest BCUT2D eigenvalue weighted by Crippen LogP contribution is 2.33. The molecule has 29 heavy (non-hydrogen) atoms. The zero-order valence-corrected chi connectivity index (χ0v) is 16.3. The number of carbonyl (C=O) groups excluding carboxylic acids is 1. The van der Waals surface area contributed by atoms with Crippen LogP contribution < -0.4 is 4.74 Å². The van der Waals surface area contributed by atoms with E-state index in [9.17, 15) is 9.18 Å². The predicted molar refractivity (Wildman–Crippen MR) is 107 cm³/mol. The van der Waals surface area contributed by atoms with Crippen molar-refractivity contribution < 1.29 is 18.4 Å². The highest BCUT2D eigenvalue weighted by atomic mass is 19.1. The van der Waals surface area contributed by atoms with Crippen LogP contribution in [0.25, 0.3) is 11.3 Å². The third-order valence-electron chi connectivity index (χ3n) is 5.33. The van der Waals surface area contributed by atoms with E-state index in [4.69, 9.17) is 9.26 Å². The highest BCUT2D eigenvalue weighted by molar-refractivity contribution is 5.94. The highest BCUT2D eigenvalue weighted by Gasteiger charge is 2.30. The number of amides is 1. The molecule has 0 N–H and O–H groups in total. The fraction of sp³-hybridized carbons (Fsp3) is 0.304. The number of methoxy groups -OCH3 is 1. The molecule has 1 atom stereocenters. The Balaban J connectivity index is 1.62. The second kappa shape index (κ2) is 8.47. The minimum Gasteiger partial charge on any atom is -0.497 e. The maximum absolute atomic E-state index is 13.6. The van der Waals surface area contributed by atoms with Gasteiger partial charge in [0, 0.05) is 23.7 Å². The summed E-state index contributed by atoms with van der Waals surface area (Å²) < 4.78 is 24.4.